The van der Waals surface area contributed by atoms with E-state index in [1.54, 1.807) is 32.2 Å². The highest BCUT2D eigenvalue weighted by Crippen LogP contribution is 2.31. The highest BCUT2D eigenvalue weighted by molar-refractivity contribution is 6.07. The van der Waals surface area contributed by atoms with Crippen LogP contribution in [-0.4, -0.2) is 41.6 Å². The minimum Gasteiger partial charge on any atom is -0.496 e. The lowest BCUT2D eigenvalue weighted by molar-refractivity contribution is -0.138. The molecule has 0 aliphatic carbocycles. The van der Waals surface area contributed by atoms with Crippen LogP contribution in [0.4, 0.5) is 4.79 Å². The van der Waals surface area contributed by atoms with Gasteiger partial charge in [-0.25, -0.2) is 4.79 Å². The molecule has 0 bridgehead atoms. The summed E-state index contributed by atoms with van der Waals surface area (Å²) in [5.41, 5.74) is 0.265. The van der Waals surface area contributed by atoms with E-state index in [0.29, 0.717) is 11.3 Å². The lowest BCUT2D eigenvalue weighted by Crippen LogP contribution is -2.41. The molecule has 0 radical (unpaired) electrons. The van der Waals surface area contributed by atoms with Crippen LogP contribution in [-0.2, 0) is 15.1 Å². The lowest BCUT2D eigenvalue weighted by Gasteiger charge is -2.23. The van der Waals surface area contributed by atoms with Gasteiger partial charge in [-0.05, 0) is 37.1 Å². The van der Waals surface area contributed by atoms with E-state index in [2.05, 4.69) is 5.32 Å². The summed E-state index contributed by atoms with van der Waals surface area (Å²) >= 11 is 0. The number of nitrogens with zero attached hydrogens (tertiary/aromatic N) is 1. The highest BCUT2D eigenvalue weighted by Gasteiger charge is 2.48. The topological polar surface area (TPSA) is 95.9 Å². The number of benzene rings is 1. The van der Waals surface area contributed by atoms with Gasteiger partial charge in [0.2, 0.25) is 0 Å². The van der Waals surface area contributed by atoms with E-state index in [9.17, 15) is 14.4 Å². The number of ether oxygens (including phenoxy) is 1. The Bertz CT molecular complexity index is 643. The Kier molecular flexibility index (Phi) is 4.07. The van der Waals surface area contributed by atoms with Crippen LogP contribution in [0, 0.1) is 6.92 Å². The highest BCUT2D eigenvalue weighted by atomic mass is 16.5. The van der Waals surface area contributed by atoms with E-state index in [1.807, 2.05) is 6.92 Å². The second-order valence-corrected chi connectivity index (χ2v) is 5.34. The molecular formula is C15H18N2O5. The molecule has 1 saturated heterocycles. The van der Waals surface area contributed by atoms with Crippen molar-refractivity contribution in [2.75, 3.05) is 13.7 Å². The van der Waals surface area contributed by atoms with Crippen molar-refractivity contribution in [3.05, 3.63) is 29.3 Å². The molecule has 118 valence electrons. The number of imide groups is 1. The maximum absolute atomic E-state index is 12.5. The van der Waals surface area contributed by atoms with Gasteiger partial charge in [0.05, 0.1) is 13.5 Å². The van der Waals surface area contributed by atoms with Gasteiger partial charge in [-0.15, -0.1) is 0 Å². The first kappa shape index (κ1) is 15.8. The molecule has 7 heteroatoms. The number of urea groups is 1. The van der Waals surface area contributed by atoms with Crippen molar-refractivity contribution in [3.8, 4) is 5.75 Å². The van der Waals surface area contributed by atoms with Gasteiger partial charge >= 0.3 is 12.0 Å². The number of aryl methyl sites for hydroxylation is 1. The largest absolute Gasteiger partial charge is 0.496 e. The number of carboxylic acid groups (broad SMARTS) is 1. The van der Waals surface area contributed by atoms with Gasteiger partial charge in [0.15, 0.2) is 0 Å². The number of amides is 3. The van der Waals surface area contributed by atoms with Gasteiger partial charge in [-0.1, -0.05) is 6.07 Å². The second-order valence-electron chi connectivity index (χ2n) is 5.34. The Morgan fingerprint density at radius 2 is 2.09 bits per heavy atom. The molecule has 1 fully saturated rings. The lowest BCUT2D eigenvalue weighted by atomic mass is 9.90. The number of carbonyl (C=O) groups is 3. The van der Waals surface area contributed by atoms with Crippen LogP contribution in [0.15, 0.2) is 18.2 Å². The molecule has 1 heterocycles. The number of rotatable bonds is 5. The summed E-state index contributed by atoms with van der Waals surface area (Å²) in [6, 6.07) is 4.64. The van der Waals surface area contributed by atoms with Crippen molar-refractivity contribution >= 4 is 17.9 Å². The fourth-order valence-electron chi connectivity index (χ4n) is 2.49. The van der Waals surface area contributed by atoms with E-state index in [0.717, 1.165) is 10.5 Å². The zero-order valence-corrected chi connectivity index (χ0v) is 12.7. The maximum Gasteiger partial charge on any atom is 0.325 e. The summed E-state index contributed by atoms with van der Waals surface area (Å²) in [7, 11) is 1.56. The van der Waals surface area contributed by atoms with Gasteiger partial charge in [0, 0.05) is 6.54 Å². The van der Waals surface area contributed by atoms with Gasteiger partial charge in [-0.3, -0.25) is 14.5 Å². The van der Waals surface area contributed by atoms with Crippen LogP contribution < -0.4 is 10.1 Å². The van der Waals surface area contributed by atoms with Crippen molar-refractivity contribution in [3.63, 3.8) is 0 Å². The molecule has 0 aromatic heterocycles. The summed E-state index contributed by atoms with van der Waals surface area (Å²) in [4.78, 5) is 36.1. The molecule has 1 atom stereocenters. The first-order valence-corrected chi connectivity index (χ1v) is 6.80. The van der Waals surface area contributed by atoms with Crippen LogP contribution in [0.3, 0.4) is 0 Å². The Morgan fingerprint density at radius 1 is 1.41 bits per heavy atom. The Balaban J connectivity index is 2.30. The number of hydrogen-bond acceptors (Lipinski definition) is 4. The SMILES string of the molecule is COc1ccc(C2(C)NC(=O)N(CCC(=O)O)C2=O)cc1C. The fourth-order valence-corrected chi connectivity index (χ4v) is 2.49. The van der Waals surface area contributed by atoms with Gasteiger partial charge in [0.25, 0.3) is 5.91 Å². The summed E-state index contributed by atoms with van der Waals surface area (Å²) in [5, 5.41) is 11.3. The minimum atomic E-state index is -1.20. The fraction of sp³-hybridized carbons (Fsp3) is 0.400. The zero-order valence-electron chi connectivity index (χ0n) is 12.7. The van der Waals surface area contributed by atoms with E-state index in [4.69, 9.17) is 9.84 Å². The predicted octanol–water partition coefficient (Wildman–Crippen LogP) is 1.25. The first-order valence-electron chi connectivity index (χ1n) is 6.80. The molecule has 22 heavy (non-hydrogen) atoms. The van der Waals surface area contributed by atoms with E-state index in [1.165, 1.54) is 0 Å². The van der Waals surface area contributed by atoms with Crippen molar-refractivity contribution in [2.24, 2.45) is 0 Å². The number of carbonyl (C=O) groups excluding carboxylic acids is 2. The van der Waals surface area contributed by atoms with Crippen LogP contribution in [0.2, 0.25) is 0 Å². The number of aliphatic carboxylic acids is 1. The average Bonchev–Trinajstić information content (AvgIpc) is 2.68. The van der Waals surface area contributed by atoms with Crippen LogP contribution >= 0.6 is 0 Å². The Hall–Kier alpha value is -2.57. The van der Waals surface area contributed by atoms with Crippen molar-refractivity contribution in [1.82, 2.24) is 10.2 Å². The first-order chi connectivity index (χ1) is 10.3. The van der Waals surface area contributed by atoms with Crippen LogP contribution in [0.5, 0.6) is 5.75 Å². The van der Waals surface area contributed by atoms with E-state index < -0.39 is 23.4 Å². The predicted molar refractivity (Wildman–Crippen MR) is 77.6 cm³/mol. The summed E-state index contributed by atoms with van der Waals surface area (Å²) in [5.74, 6) is -0.829. The zero-order chi connectivity index (χ0) is 16.5. The summed E-state index contributed by atoms with van der Waals surface area (Å²) in [6.07, 6.45) is -0.281. The molecule has 0 spiro atoms. The molecule has 1 unspecified atom stereocenters. The third-order valence-electron chi connectivity index (χ3n) is 3.80. The molecule has 0 saturated carbocycles. The number of hydrogen-bond donors (Lipinski definition) is 2. The van der Waals surface area contributed by atoms with Crippen LogP contribution in [0.1, 0.15) is 24.5 Å². The van der Waals surface area contributed by atoms with Crippen LogP contribution in [0.25, 0.3) is 0 Å². The third-order valence-corrected chi connectivity index (χ3v) is 3.80. The van der Waals surface area contributed by atoms with E-state index >= 15 is 0 Å². The molecule has 2 N–H and O–H groups in total. The Morgan fingerprint density at radius 3 is 2.64 bits per heavy atom. The van der Waals surface area contributed by atoms with E-state index in [-0.39, 0.29) is 13.0 Å². The normalized spacial score (nSPS) is 21.0. The molecular weight excluding hydrogens is 288 g/mol. The number of nitrogens with one attached hydrogen (secondary N) is 1. The van der Waals surface area contributed by atoms with Crippen molar-refractivity contribution < 1.29 is 24.2 Å². The Labute approximate surface area is 127 Å². The molecule has 1 aromatic carbocycles. The second kappa shape index (κ2) is 5.67. The van der Waals surface area contributed by atoms with Crippen molar-refractivity contribution in [2.45, 2.75) is 25.8 Å². The molecule has 3 amide bonds. The monoisotopic (exact) mass is 306 g/mol. The molecule has 1 aliphatic rings. The minimum absolute atomic E-state index is 0.148. The quantitative estimate of drug-likeness (QED) is 0.798. The molecule has 7 nitrogen and oxygen atoms in total. The average molecular weight is 306 g/mol. The standard InChI is InChI=1S/C15H18N2O5/c1-9-8-10(4-5-11(9)22-3)15(2)13(20)17(14(21)16-15)7-6-12(18)19/h4-5,8H,6-7H2,1-3H3,(H,16,21)(H,18,19). The molecule has 1 aromatic rings. The number of carboxylic acids is 1. The van der Waals surface area contributed by atoms with Gasteiger partial charge in [-0.2, -0.15) is 0 Å². The summed E-state index contributed by atoms with van der Waals surface area (Å²) < 4.78 is 5.18. The summed E-state index contributed by atoms with van der Waals surface area (Å²) in [6.45, 7) is 3.30. The van der Waals surface area contributed by atoms with Gasteiger partial charge in [0.1, 0.15) is 11.3 Å². The van der Waals surface area contributed by atoms with Gasteiger partial charge < -0.3 is 15.2 Å². The third kappa shape index (κ3) is 2.61. The smallest absolute Gasteiger partial charge is 0.325 e. The van der Waals surface area contributed by atoms with Crippen molar-refractivity contribution in [1.29, 1.82) is 0 Å². The molecule has 2 rings (SSSR count). The number of methoxy groups -OCH3 is 1. The maximum atomic E-state index is 12.5. The molecule has 1 aliphatic heterocycles.